The first-order chi connectivity index (χ1) is 9.16. The molecule has 0 radical (unpaired) electrons. The van der Waals surface area contributed by atoms with Gasteiger partial charge < -0.3 is 10.1 Å². The zero-order valence-corrected chi connectivity index (χ0v) is 12.5. The molecule has 0 aliphatic rings. The molecule has 0 unspecified atom stereocenters. The Morgan fingerprint density at radius 3 is 2.58 bits per heavy atom. The van der Waals surface area contributed by atoms with E-state index in [4.69, 9.17) is 4.74 Å². The highest BCUT2D eigenvalue weighted by atomic mass is 32.1. The average Bonchev–Trinajstić information content (AvgIpc) is 2.90. The molecule has 102 valence electrons. The number of thiophene rings is 1. The largest absolute Gasteiger partial charge is 0.491 e. The molecule has 0 saturated carbocycles. The third-order valence-electron chi connectivity index (χ3n) is 2.90. The predicted molar refractivity (Wildman–Crippen MR) is 81.8 cm³/mol. The quantitative estimate of drug-likeness (QED) is 0.844. The Bertz CT molecular complexity index is 493. The molecule has 2 nitrogen and oxygen atoms in total. The van der Waals surface area contributed by atoms with Gasteiger partial charge >= 0.3 is 0 Å². The van der Waals surface area contributed by atoms with E-state index in [0.717, 1.165) is 12.3 Å². The van der Waals surface area contributed by atoms with Crippen molar-refractivity contribution in [2.24, 2.45) is 0 Å². The lowest BCUT2D eigenvalue weighted by atomic mass is 10.2. The van der Waals surface area contributed by atoms with Crippen molar-refractivity contribution in [3.8, 4) is 5.75 Å². The van der Waals surface area contributed by atoms with E-state index in [9.17, 15) is 0 Å². The van der Waals surface area contributed by atoms with Gasteiger partial charge in [-0.2, -0.15) is 0 Å². The first kappa shape index (κ1) is 14.1. The van der Waals surface area contributed by atoms with Gasteiger partial charge in [-0.15, -0.1) is 11.3 Å². The molecule has 0 amide bonds. The summed E-state index contributed by atoms with van der Waals surface area (Å²) < 4.78 is 5.83. The molecule has 3 heteroatoms. The fourth-order valence-electron chi connectivity index (χ4n) is 1.92. The molecule has 1 atom stereocenters. The summed E-state index contributed by atoms with van der Waals surface area (Å²) in [6.45, 7) is 7.12. The molecule has 1 aromatic carbocycles. The van der Waals surface area contributed by atoms with Crippen molar-refractivity contribution in [3.63, 3.8) is 0 Å². The highest BCUT2D eigenvalue weighted by molar-refractivity contribution is 7.10. The first-order valence-electron chi connectivity index (χ1n) is 6.68. The van der Waals surface area contributed by atoms with Crippen LogP contribution in [0.15, 0.2) is 41.8 Å². The maximum Gasteiger partial charge on any atom is 0.124 e. The summed E-state index contributed by atoms with van der Waals surface area (Å²) in [5, 5.41) is 5.66. The Labute approximate surface area is 119 Å². The number of benzene rings is 1. The second kappa shape index (κ2) is 6.73. The van der Waals surface area contributed by atoms with Crippen molar-refractivity contribution >= 4 is 11.3 Å². The molecule has 19 heavy (non-hydrogen) atoms. The van der Waals surface area contributed by atoms with Crippen LogP contribution in [0, 0.1) is 0 Å². The second-order valence-corrected chi connectivity index (χ2v) is 5.87. The summed E-state index contributed by atoms with van der Waals surface area (Å²) in [6.07, 6.45) is 0.205. The number of rotatable bonds is 6. The van der Waals surface area contributed by atoms with E-state index in [1.54, 1.807) is 11.3 Å². The third-order valence-corrected chi connectivity index (χ3v) is 3.96. The van der Waals surface area contributed by atoms with Gasteiger partial charge in [0.2, 0.25) is 0 Å². The number of hydrogen-bond donors (Lipinski definition) is 1. The number of para-hydroxylation sites is 1. The Morgan fingerprint density at radius 1 is 1.11 bits per heavy atom. The van der Waals surface area contributed by atoms with E-state index >= 15 is 0 Å². The fraction of sp³-hybridized carbons (Fsp3) is 0.375. The van der Waals surface area contributed by atoms with E-state index < -0.39 is 0 Å². The van der Waals surface area contributed by atoms with Crippen molar-refractivity contribution in [1.82, 2.24) is 5.32 Å². The Balaban J connectivity index is 1.99. The lowest BCUT2D eigenvalue weighted by Crippen LogP contribution is -2.18. The van der Waals surface area contributed by atoms with Crippen LogP contribution in [-0.2, 0) is 6.54 Å². The van der Waals surface area contributed by atoms with Gasteiger partial charge in [0.15, 0.2) is 0 Å². The number of hydrogen-bond acceptors (Lipinski definition) is 3. The summed E-state index contributed by atoms with van der Waals surface area (Å²) in [7, 11) is 0. The van der Waals surface area contributed by atoms with Gasteiger partial charge in [-0.05, 0) is 38.3 Å². The zero-order chi connectivity index (χ0) is 13.7. The molecule has 1 heterocycles. The molecule has 0 aliphatic heterocycles. The van der Waals surface area contributed by atoms with Crippen molar-refractivity contribution in [2.75, 3.05) is 0 Å². The molecular weight excluding hydrogens is 254 g/mol. The van der Waals surface area contributed by atoms with Crippen molar-refractivity contribution in [3.05, 3.63) is 52.2 Å². The molecule has 1 N–H and O–H groups in total. The van der Waals surface area contributed by atoms with E-state index in [1.165, 1.54) is 10.4 Å². The minimum atomic E-state index is 0.205. The van der Waals surface area contributed by atoms with Crippen molar-refractivity contribution in [2.45, 2.75) is 39.5 Å². The lowest BCUT2D eigenvalue weighted by Gasteiger charge is -2.16. The molecule has 0 saturated heterocycles. The monoisotopic (exact) mass is 275 g/mol. The molecule has 0 spiro atoms. The molecule has 0 fully saturated rings. The van der Waals surface area contributed by atoms with Crippen LogP contribution in [0.1, 0.15) is 37.3 Å². The smallest absolute Gasteiger partial charge is 0.124 e. The van der Waals surface area contributed by atoms with Crippen molar-refractivity contribution < 1.29 is 4.74 Å². The Kier molecular flexibility index (Phi) is 5.00. The van der Waals surface area contributed by atoms with Crippen LogP contribution in [0.4, 0.5) is 0 Å². The minimum absolute atomic E-state index is 0.205. The molecule has 1 aromatic heterocycles. The molecule has 0 bridgehead atoms. The second-order valence-electron chi connectivity index (χ2n) is 4.89. The molecule has 2 rings (SSSR count). The Hall–Kier alpha value is -1.32. The van der Waals surface area contributed by atoms with E-state index in [2.05, 4.69) is 55.7 Å². The maximum atomic E-state index is 5.83. The van der Waals surface area contributed by atoms with Crippen LogP contribution in [-0.4, -0.2) is 6.10 Å². The number of ether oxygens (including phenoxy) is 1. The molecule has 2 aromatic rings. The zero-order valence-electron chi connectivity index (χ0n) is 11.7. The summed E-state index contributed by atoms with van der Waals surface area (Å²) in [6, 6.07) is 12.8. The van der Waals surface area contributed by atoms with E-state index in [-0.39, 0.29) is 6.10 Å². The van der Waals surface area contributed by atoms with Gasteiger partial charge in [0.05, 0.1) is 6.10 Å². The lowest BCUT2D eigenvalue weighted by molar-refractivity contribution is 0.239. The Morgan fingerprint density at radius 2 is 1.89 bits per heavy atom. The SMILES string of the molecule is CC(C)Oc1ccccc1CN[C@@H](C)c1cccs1. The van der Waals surface area contributed by atoms with Gasteiger partial charge in [0.1, 0.15) is 5.75 Å². The maximum absolute atomic E-state index is 5.83. The van der Waals surface area contributed by atoms with Gasteiger partial charge in [0.25, 0.3) is 0 Å². The summed E-state index contributed by atoms with van der Waals surface area (Å²) in [5.41, 5.74) is 1.21. The first-order valence-corrected chi connectivity index (χ1v) is 7.56. The van der Waals surface area contributed by atoms with Crippen molar-refractivity contribution in [1.29, 1.82) is 0 Å². The standard InChI is InChI=1S/C16H21NOS/c1-12(2)18-15-8-5-4-7-14(15)11-17-13(3)16-9-6-10-19-16/h4-10,12-13,17H,11H2,1-3H3/t13-/m0/s1. The van der Waals surface area contributed by atoms with Crippen LogP contribution in [0.3, 0.4) is 0 Å². The van der Waals surface area contributed by atoms with Crippen LogP contribution in [0.5, 0.6) is 5.75 Å². The van der Waals surface area contributed by atoms with Gasteiger partial charge in [0, 0.05) is 23.0 Å². The number of nitrogens with one attached hydrogen (secondary N) is 1. The van der Waals surface area contributed by atoms with E-state index in [0.29, 0.717) is 6.04 Å². The third kappa shape index (κ3) is 4.08. The van der Waals surface area contributed by atoms with E-state index in [1.807, 2.05) is 12.1 Å². The van der Waals surface area contributed by atoms with Gasteiger partial charge in [-0.25, -0.2) is 0 Å². The minimum Gasteiger partial charge on any atom is -0.491 e. The van der Waals surface area contributed by atoms with Crippen LogP contribution >= 0.6 is 11.3 Å². The summed E-state index contributed by atoms with van der Waals surface area (Å²) in [4.78, 5) is 1.36. The molecular formula is C16H21NOS. The highest BCUT2D eigenvalue weighted by Crippen LogP contribution is 2.22. The summed E-state index contributed by atoms with van der Waals surface area (Å²) in [5.74, 6) is 0.975. The van der Waals surface area contributed by atoms with Crippen LogP contribution in [0.25, 0.3) is 0 Å². The normalized spacial score (nSPS) is 12.6. The van der Waals surface area contributed by atoms with Crippen LogP contribution < -0.4 is 10.1 Å². The average molecular weight is 275 g/mol. The van der Waals surface area contributed by atoms with Gasteiger partial charge in [-0.3, -0.25) is 0 Å². The summed E-state index contributed by atoms with van der Waals surface area (Å²) >= 11 is 1.79. The predicted octanol–water partition coefficient (Wildman–Crippen LogP) is 4.39. The van der Waals surface area contributed by atoms with Gasteiger partial charge in [-0.1, -0.05) is 24.3 Å². The fourth-order valence-corrected chi connectivity index (χ4v) is 2.68. The molecule has 0 aliphatic carbocycles. The highest BCUT2D eigenvalue weighted by Gasteiger charge is 2.08. The topological polar surface area (TPSA) is 21.3 Å². The van der Waals surface area contributed by atoms with Crippen LogP contribution in [0.2, 0.25) is 0 Å².